The van der Waals surface area contributed by atoms with Crippen molar-refractivity contribution in [3.63, 3.8) is 0 Å². The Hall–Kier alpha value is -1.22. The minimum atomic E-state index is -3.81. The second-order valence-electron chi connectivity index (χ2n) is 7.25. The fourth-order valence-electron chi connectivity index (χ4n) is 3.78. The molecule has 1 saturated heterocycles. The van der Waals surface area contributed by atoms with Crippen molar-refractivity contribution in [1.29, 1.82) is 0 Å². The van der Waals surface area contributed by atoms with Crippen LogP contribution in [0.1, 0.15) is 37.3 Å². The number of allylic oxidation sites excluding steroid dienone is 2. The fraction of sp³-hybridized carbons (Fsp3) is 0.318. The zero-order valence-corrected chi connectivity index (χ0v) is 17.8. The van der Waals surface area contributed by atoms with E-state index in [9.17, 15) is 17.6 Å². The van der Waals surface area contributed by atoms with Crippen LogP contribution < -0.4 is 0 Å². The molecular weight excluding hydrogens is 452 g/mol. The van der Waals surface area contributed by atoms with Gasteiger partial charge >= 0.3 is 35.5 Å². The molecule has 9 heteroatoms. The molecule has 0 radical (unpaired) electrons. The number of aliphatic carboxylic acids is 1. The monoisotopic (exact) mass is 475 g/mol. The number of halogens is 2. The van der Waals surface area contributed by atoms with Gasteiger partial charge in [-0.05, 0) is 67.1 Å². The van der Waals surface area contributed by atoms with E-state index in [-0.39, 0.29) is 52.8 Å². The Bertz CT molecular complexity index is 1010. The van der Waals surface area contributed by atoms with Crippen molar-refractivity contribution in [1.82, 2.24) is 4.31 Å². The Kier molecular flexibility index (Phi) is 9.73. The molecule has 0 spiro atoms. The van der Waals surface area contributed by atoms with Crippen molar-refractivity contribution in [2.24, 2.45) is 5.92 Å². The van der Waals surface area contributed by atoms with Gasteiger partial charge in [-0.15, -0.1) is 0 Å². The third kappa shape index (κ3) is 6.63. The van der Waals surface area contributed by atoms with Gasteiger partial charge in [0.15, 0.2) is 0 Å². The van der Waals surface area contributed by atoms with Crippen LogP contribution in [0, 0.1) is 11.7 Å². The van der Waals surface area contributed by atoms with Crippen molar-refractivity contribution < 1.29 is 22.7 Å². The van der Waals surface area contributed by atoms with E-state index in [0.717, 1.165) is 17.7 Å². The van der Waals surface area contributed by atoms with E-state index in [1.807, 2.05) is 24.3 Å². The molecule has 0 aromatic heterocycles. The number of hydrogen-bond donors (Lipinski definition) is 1. The van der Waals surface area contributed by atoms with Crippen LogP contribution in [0.3, 0.4) is 0 Å². The molecule has 1 fully saturated rings. The molecule has 1 aliphatic heterocycles. The second kappa shape index (κ2) is 11.6. The molecule has 3 rings (SSSR count). The van der Waals surface area contributed by atoms with Crippen LogP contribution in [0.2, 0.25) is 5.02 Å². The van der Waals surface area contributed by atoms with E-state index in [2.05, 4.69) is 0 Å². The first-order valence-corrected chi connectivity index (χ1v) is 11.5. The molecule has 0 bridgehead atoms. The van der Waals surface area contributed by atoms with Gasteiger partial charge in [0.2, 0.25) is 10.0 Å². The summed E-state index contributed by atoms with van der Waals surface area (Å²) < 4.78 is 41.3. The van der Waals surface area contributed by atoms with Gasteiger partial charge in [-0.1, -0.05) is 35.9 Å². The molecule has 2 aromatic carbocycles. The Balaban J connectivity index is 0.00000341. The summed E-state index contributed by atoms with van der Waals surface area (Å²) in [6.07, 6.45) is 5.53. The standard InChI is InChI=1S/C22H23ClFNO4S.Na.H/c23-18-8-6-17(7-9-18)22-16(4-2-1-3-5-21(26)27)14-15-25(22)30(28,29)20-12-10-19(24)11-13-20;;/h1-2,6-13,16,22H,3-5,14-15H2,(H,26,27);;/b2-1-;;/t16-,22+;;/m1../s1. The Morgan fingerprint density at radius 3 is 2.39 bits per heavy atom. The minimum absolute atomic E-state index is 0. The molecule has 1 aliphatic rings. The van der Waals surface area contributed by atoms with Gasteiger partial charge in [-0.25, -0.2) is 12.8 Å². The Morgan fingerprint density at radius 1 is 1.13 bits per heavy atom. The van der Waals surface area contributed by atoms with Crippen LogP contribution >= 0.6 is 11.6 Å². The summed E-state index contributed by atoms with van der Waals surface area (Å²) in [7, 11) is -3.81. The SMILES string of the molecule is O=C(O)CC/C=C\C[C@@H]1CCN(S(=O)(=O)c2ccc(F)cc2)[C@@H]1c1ccc(Cl)cc1.[NaH]. The van der Waals surface area contributed by atoms with Gasteiger partial charge < -0.3 is 5.11 Å². The van der Waals surface area contributed by atoms with E-state index < -0.39 is 21.8 Å². The summed E-state index contributed by atoms with van der Waals surface area (Å²) in [5, 5.41) is 9.31. The molecule has 162 valence electrons. The van der Waals surface area contributed by atoms with Crippen molar-refractivity contribution in [3.05, 3.63) is 77.1 Å². The van der Waals surface area contributed by atoms with Gasteiger partial charge in [-0.2, -0.15) is 4.31 Å². The molecule has 1 N–H and O–H groups in total. The summed E-state index contributed by atoms with van der Waals surface area (Å²) >= 11 is 6.01. The summed E-state index contributed by atoms with van der Waals surface area (Å²) in [6.45, 7) is 0.348. The maximum atomic E-state index is 13.3. The van der Waals surface area contributed by atoms with Gasteiger partial charge in [0.05, 0.1) is 10.9 Å². The number of carbonyl (C=O) groups is 1. The summed E-state index contributed by atoms with van der Waals surface area (Å²) in [5.74, 6) is -1.31. The van der Waals surface area contributed by atoms with E-state index in [4.69, 9.17) is 16.7 Å². The third-order valence-electron chi connectivity index (χ3n) is 5.24. The normalized spacial score (nSPS) is 19.4. The predicted molar refractivity (Wildman–Crippen MR) is 120 cm³/mol. The number of nitrogens with zero attached hydrogens (tertiary/aromatic N) is 1. The number of carboxylic acids is 1. The number of rotatable bonds is 8. The molecule has 5 nitrogen and oxygen atoms in total. The average Bonchev–Trinajstić information content (AvgIpc) is 3.13. The van der Waals surface area contributed by atoms with E-state index in [0.29, 0.717) is 30.8 Å². The van der Waals surface area contributed by atoms with Crippen molar-refractivity contribution >= 4 is 57.2 Å². The number of sulfonamides is 1. The van der Waals surface area contributed by atoms with Crippen LogP contribution in [-0.2, 0) is 14.8 Å². The summed E-state index contributed by atoms with van der Waals surface area (Å²) in [5.41, 5.74) is 0.839. The van der Waals surface area contributed by atoms with Crippen LogP contribution in [-0.4, -0.2) is 59.9 Å². The van der Waals surface area contributed by atoms with Gasteiger partial charge in [-0.3, -0.25) is 4.79 Å². The van der Waals surface area contributed by atoms with Gasteiger partial charge in [0.25, 0.3) is 0 Å². The summed E-state index contributed by atoms with van der Waals surface area (Å²) in [4.78, 5) is 10.7. The van der Waals surface area contributed by atoms with Crippen LogP contribution in [0.25, 0.3) is 0 Å². The van der Waals surface area contributed by atoms with Gasteiger partial charge in [0, 0.05) is 18.0 Å². The van der Waals surface area contributed by atoms with E-state index in [1.165, 1.54) is 16.4 Å². The molecule has 0 unspecified atom stereocenters. The molecule has 2 atom stereocenters. The zero-order chi connectivity index (χ0) is 21.7. The van der Waals surface area contributed by atoms with Crippen molar-refractivity contribution in [2.45, 2.75) is 36.6 Å². The van der Waals surface area contributed by atoms with Crippen molar-refractivity contribution in [3.8, 4) is 0 Å². The molecule has 0 aliphatic carbocycles. The molecule has 0 saturated carbocycles. The third-order valence-corrected chi connectivity index (χ3v) is 7.39. The predicted octanol–water partition coefficient (Wildman–Crippen LogP) is 4.39. The van der Waals surface area contributed by atoms with Crippen LogP contribution in [0.4, 0.5) is 4.39 Å². The first-order chi connectivity index (χ1) is 14.3. The van der Waals surface area contributed by atoms with Crippen LogP contribution in [0.5, 0.6) is 0 Å². The first-order valence-electron chi connectivity index (χ1n) is 9.68. The molecule has 2 aromatic rings. The number of hydrogen-bond acceptors (Lipinski definition) is 3. The summed E-state index contributed by atoms with van der Waals surface area (Å²) in [6, 6.07) is 11.6. The molecule has 31 heavy (non-hydrogen) atoms. The molecule has 0 amide bonds. The Labute approximate surface area is 209 Å². The maximum absolute atomic E-state index is 13.3. The van der Waals surface area contributed by atoms with Gasteiger partial charge in [0.1, 0.15) is 5.82 Å². The number of carboxylic acid groups (broad SMARTS) is 1. The van der Waals surface area contributed by atoms with E-state index >= 15 is 0 Å². The first kappa shape index (κ1) is 26.0. The Morgan fingerprint density at radius 2 is 1.77 bits per heavy atom. The quantitative estimate of drug-likeness (QED) is 0.454. The second-order valence-corrected chi connectivity index (χ2v) is 9.58. The molecular formula is C22H24ClFNNaO4S. The topological polar surface area (TPSA) is 74.7 Å². The van der Waals surface area contributed by atoms with E-state index in [1.54, 1.807) is 12.1 Å². The van der Waals surface area contributed by atoms with Crippen LogP contribution in [0.15, 0.2) is 65.6 Å². The zero-order valence-electron chi connectivity index (χ0n) is 16.2. The molecule has 1 heterocycles. The average molecular weight is 476 g/mol. The fourth-order valence-corrected chi connectivity index (χ4v) is 5.59. The van der Waals surface area contributed by atoms with Crippen molar-refractivity contribution in [2.75, 3.05) is 6.54 Å². The number of benzene rings is 2.